The molecule has 2 rings (SSSR count). The van der Waals surface area contributed by atoms with Crippen molar-refractivity contribution in [2.24, 2.45) is 5.41 Å². The standard InChI is InChI=1S/C15H19BrN2O2S/c1-15(2,8-9-16)11-18-21(19,20)14-7-3-6-13-12(14)5-4-10-17-13/h3-7,10,18H,8-9,11H2,1-2H3. The Balaban J connectivity index is 2.30. The van der Waals surface area contributed by atoms with E-state index in [1.54, 1.807) is 30.5 Å². The van der Waals surface area contributed by atoms with E-state index in [0.29, 0.717) is 17.4 Å². The molecule has 1 heterocycles. The SMILES string of the molecule is CC(C)(CCBr)CNS(=O)(=O)c1cccc2ncccc12. The van der Waals surface area contributed by atoms with Crippen molar-refractivity contribution in [1.29, 1.82) is 0 Å². The van der Waals surface area contributed by atoms with Crippen LogP contribution >= 0.6 is 15.9 Å². The van der Waals surface area contributed by atoms with E-state index in [4.69, 9.17) is 0 Å². The summed E-state index contributed by atoms with van der Waals surface area (Å²) in [4.78, 5) is 4.48. The smallest absolute Gasteiger partial charge is 0.241 e. The van der Waals surface area contributed by atoms with Gasteiger partial charge >= 0.3 is 0 Å². The fourth-order valence-electron chi connectivity index (χ4n) is 2.02. The molecule has 0 spiro atoms. The third kappa shape index (κ3) is 4.02. The second kappa shape index (κ2) is 6.42. The molecular weight excluding hydrogens is 352 g/mol. The first-order valence-corrected chi connectivity index (χ1v) is 9.36. The Hall–Kier alpha value is -0.980. The van der Waals surface area contributed by atoms with Crippen LogP contribution in [0.2, 0.25) is 0 Å². The molecule has 0 saturated heterocycles. The molecule has 2 aromatic rings. The molecule has 1 aromatic carbocycles. The van der Waals surface area contributed by atoms with Crippen LogP contribution in [0.25, 0.3) is 10.9 Å². The number of pyridine rings is 1. The third-order valence-corrected chi connectivity index (χ3v) is 5.26. The quantitative estimate of drug-likeness (QED) is 0.793. The van der Waals surface area contributed by atoms with Crippen molar-refractivity contribution in [2.75, 3.05) is 11.9 Å². The average Bonchev–Trinajstić information content (AvgIpc) is 2.45. The summed E-state index contributed by atoms with van der Waals surface area (Å²) in [5, 5.41) is 1.49. The Kier molecular flexibility index (Phi) is 5.01. The minimum absolute atomic E-state index is 0.0978. The minimum atomic E-state index is -3.54. The summed E-state index contributed by atoms with van der Waals surface area (Å²) < 4.78 is 27.8. The van der Waals surface area contributed by atoms with E-state index < -0.39 is 10.0 Å². The Morgan fingerprint density at radius 2 is 2.00 bits per heavy atom. The van der Waals surface area contributed by atoms with Crippen molar-refractivity contribution in [3.8, 4) is 0 Å². The zero-order valence-corrected chi connectivity index (χ0v) is 14.5. The summed E-state index contributed by atoms with van der Waals surface area (Å²) >= 11 is 3.40. The monoisotopic (exact) mass is 370 g/mol. The molecule has 1 aromatic heterocycles. The number of nitrogens with zero attached hydrogens (tertiary/aromatic N) is 1. The van der Waals surface area contributed by atoms with Crippen LogP contribution in [0, 0.1) is 5.41 Å². The van der Waals surface area contributed by atoms with E-state index in [9.17, 15) is 8.42 Å². The fraction of sp³-hybridized carbons (Fsp3) is 0.400. The molecule has 4 nitrogen and oxygen atoms in total. The largest absolute Gasteiger partial charge is 0.256 e. The van der Waals surface area contributed by atoms with E-state index in [2.05, 4.69) is 25.6 Å². The lowest BCUT2D eigenvalue weighted by molar-refractivity contribution is 0.354. The van der Waals surface area contributed by atoms with Crippen LogP contribution in [0.5, 0.6) is 0 Å². The summed E-state index contributed by atoms with van der Waals surface area (Å²) in [6.45, 7) is 4.49. The molecule has 6 heteroatoms. The van der Waals surface area contributed by atoms with Crippen LogP contribution in [0.4, 0.5) is 0 Å². The van der Waals surface area contributed by atoms with Gasteiger partial charge in [-0.05, 0) is 36.1 Å². The average molecular weight is 371 g/mol. The van der Waals surface area contributed by atoms with Gasteiger partial charge in [-0.15, -0.1) is 0 Å². The Labute approximate surface area is 134 Å². The first-order valence-electron chi connectivity index (χ1n) is 6.75. The molecule has 0 bridgehead atoms. The van der Waals surface area contributed by atoms with Crippen LogP contribution in [-0.2, 0) is 10.0 Å². The summed E-state index contributed by atoms with van der Waals surface area (Å²) in [6.07, 6.45) is 2.55. The molecule has 21 heavy (non-hydrogen) atoms. The van der Waals surface area contributed by atoms with Crippen molar-refractivity contribution in [1.82, 2.24) is 9.71 Å². The van der Waals surface area contributed by atoms with E-state index in [1.807, 2.05) is 19.9 Å². The van der Waals surface area contributed by atoms with Crippen molar-refractivity contribution >= 4 is 36.9 Å². The lowest BCUT2D eigenvalue weighted by Crippen LogP contribution is -2.34. The first kappa shape index (κ1) is 16.4. The Bertz CT molecular complexity index is 724. The summed E-state index contributed by atoms with van der Waals surface area (Å²) in [6, 6.07) is 8.66. The van der Waals surface area contributed by atoms with Crippen molar-refractivity contribution in [3.63, 3.8) is 0 Å². The predicted molar refractivity (Wildman–Crippen MR) is 89.1 cm³/mol. The Morgan fingerprint density at radius 1 is 1.24 bits per heavy atom. The van der Waals surface area contributed by atoms with Gasteiger partial charge < -0.3 is 0 Å². The normalized spacial score (nSPS) is 12.7. The van der Waals surface area contributed by atoms with Crippen LogP contribution in [-0.4, -0.2) is 25.3 Å². The fourth-order valence-corrected chi connectivity index (χ4v) is 4.55. The van der Waals surface area contributed by atoms with Gasteiger partial charge in [-0.1, -0.05) is 35.8 Å². The van der Waals surface area contributed by atoms with Gasteiger partial charge in [0, 0.05) is 23.5 Å². The number of hydrogen-bond acceptors (Lipinski definition) is 3. The van der Waals surface area contributed by atoms with E-state index in [1.165, 1.54) is 0 Å². The Morgan fingerprint density at radius 3 is 2.71 bits per heavy atom. The number of alkyl halides is 1. The van der Waals surface area contributed by atoms with Gasteiger partial charge in [0.25, 0.3) is 0 Å². The number of nitrogens with one attached hydrogen (secondary N) is 1. The molecule has 0 amide bonds. The van der Waals surface area contributed by atoms with Gasteiger partial charge in [0.15, 0.2) is 0 Å². The highest BCUT2D eigenvalue weighted by Gasteiger charge is 2.23. The van der Waals surface area contributed by atoms with Gasteiger partial charge in [-0.2, -0.15) is 0 Å². The number of aromatic nitrogens is 1. The first-order chi connectivity index (χ1) is 9.86. The minimum Gasteiger partial charge on any atom is -0.256 e. The molecule has 0 aliphatic rings. The predicted octanol–water partition coefficient (Wildman–Crippen LogP) is 3.32. The molecule has 0 aliphatic carbocycles. The second-order valence-electron chi connectivity index (χ2n) is 5.75. The number of sulfonamides is 1. The van der Waals surface area contributed by atoms with Gasteiger partial charge in [0.05, 0.1) is 10.4 Å². The van der Waals surface area contributed by atoms with E-state index >= 15 is 0 Å². The summed E-state index contributed by atoms with van der Waals surface area (Å²) in [7, 11) is -3.54. The topological polar surface area (TPSA) is 59.1 Å². The molecule has 114 valence electrons. The molecule has 0 aliphatic heterocycles. The molecule has 0 saturated carbocycles. The van der Waals surface area contributed by atoms with Crippen LogP contribution in [0.15, 0.2) is 41.4 Å². The van der Waals surface area contributed by atoms with Crippen LogP contribution in [0.1, 0.15) is 20.3 Å². The van der Waals surface area contributed by atoms with Gasteiger partial charge in [-0.25, -0.2) is 13.1 Å². The highest BCUT2D eigenvalue weighted by molar-refractivity contribution is 9.09. The van der Waals surface area contributed by atoms with Crippen molar-refractivity contribution in [3.05, 3.63) is 36.5 Å². The van der Waals surface area contributed by atoms with Crippen LogP contribution < -0.4 is 4.72 Å². The summed E-state index contributed by atoms with van der Waals surface area (Å²) in [5.41, 5.74) is 0.583. The lowest BCUT2D eigenvalue weighted by Gasteiger charge is -2.24. The maximum atomic E-state index is 12.5. The molecular formula is C15H19BrN2O2S. The van der Waals surface area contributed by atoms with Crippen molar-refractivity contribution in [2.45, 2.75) is 25.2 Å². The number of hydrogen-bond donors (Lipinski definition) is 1. The zero-order valence-electron chi connectivity index (χ0n) is 12.1. The lowest BCUT2D eigenvalue weighted by atomic mass is 9.91. The third-order valence-electron chi connectivity index (χ3n) is 3.41. The second-order valence-corrected chi connectivity index (χ2v) is 8.28. The number of fused-ring (bicyclic) bond motifs is 1. The van der Waals surface area contributed by atoms with E-state index in [0.717, 1.165) is 11.8 Å². The van der Waals surface area contributed by atoms with Gasteiger partial charge in [0.2, 0.25) is 10.0 Å². The maximum Gasteiger partial charge on any atom is 0.241 e. The number of rotatable bonds is 6. The molecule has 0 unspecified atom stereocenters. The maximum absolute atomic E-state index is 12.5. The number of benzene rings is 1. The molecule has 0 fully saturated rings. The zero-order chi connectivity index (χ0) is 15.5. The van der Waals surface area contributed by atoms with Crippen molar-refractivity contribution < 1.29 is 8.42 Å². The highest BCUT2D eigenvalue weighted by Crippen LogP contribution is 2.24. The highest BCUT2D eigenvalue weighted by atomic mass is 79.9. The van der Waals surface area contributed by atoms with Gasteiger partial charge in [-0.3, -0.25) is 4.98 Å². The molecule has 0 radical (unpaired) electrons. The molecule has 1 N–H and O–H groups in total. The molecule has 0 atom stereocenters. The van der Waals surface area contributed by atoms with Crippen LogP contribution in [0.3, 0.4) is 0 Å². The van der Waals surface area contributed by atoms with E-state index in [-0.39, 0.29) is 10.3 Å². The summed E-state index contributed by atoms with van der Waals surface area (Å²) in [5.74, 6) is 0. The number of halogens is 1. The van der Waals surface area contributed by atoms with Gasteiger partial charge in [0.1, 0.15) is 0 Å².